The van der Waals surface area contributed by atoms with Gasteiger partial charge in [-0.05, 0) is 66.4 Å². The largest absolute Gasteiger partial charge is 0.349 e. The van der Waals surface area contributed by atoms with Crippen LogP contribution in [0.2, 0.25) is 0 Å². The van der Waals surface area contributed by atoms with Gasteiger partial charge in [0.25, 0.3) is 0 Å². The van der Waals surface area contributed by atoms with Crippen LogP contribution in [0.15, 0.2) is 24.3 Å². The zero-order valence-electron chi connectivity index (χ0n) is 26.4. The highest BCUT2D eigenvalue weighted by molar-refractivity contribution is 5.77. The molecule has 0 aliphatic rings. The van der Waals surface area contributed by atoms with Crippen molar-refractivity contribution in [1.29, 1.82) is 0 Å². The van der Waals surface area contributed by atoms with E-state index < -0.39 is 11.9 Å². The maximum Gasteiger partial charge on any atom is 0.349 e. The predicted molar refractivity (Wildman–Crippen MR) is 163 cm³/mol. The number of rotatable bonds is 19. The summed E-state index contributed by atoms with van der Waals surface area (Å²) in [5.41, 5.74) is 2.80. The second-order valence-corrected chi connectivity index (χ2v) is 14.1. The first-order valence-corrected chi connectivity index (χ1v) is 15.8. The fourth-order valence-corrected chi connectivity index (χ4v) is 5.74. The predicted octanol–water partition coefficient (Wildman–Crippen LogP) is 11.2. The highest BCUT2D eigenvalue weighted by atomic mass is 17.1. The van der Waals surface area contributed by atoms with Gasteiger partial charge in [-0.25, -0.2) is 4.79 Å². The Morgan fingerprint density at radius 1 is 0.737 bits per heavy atom. The lowest BCUT2D eigenvalue weighted by molar-refractivity contribution is -0.235. The minimum Gasteiger partial charge on any atom is -0.300 e. The summed E-state index contributed by atoms with van der Waals surface area (Å²) >= 11 is 0. The van der Waals surface area contributed by atoms with Crippen LogP contribution in [0.4, 0.5) is 0 Å². The number of benzene rings is 1. The third-order valence-electron chi connectivity index (χ3n) is 8.88. The van der Waals surface area contributed by atoms with Crippen LogP contribution in [-0.2, 0) is 16.1 Å². The molecular formula is C35H62O3. The molecule has 3 unspecified atom stereocenters. The van der Waals surface area contributed by atoms with E-state index in [1.807, 2.05) is 12.1 Å². The van der Waals surface area contributed by atoms with E-state index in [-0.39, 0.29) is 5.41 Å². The quantitative estimate of drug-likeness (QED) is 0.110. The van der Waals surface area contributed by atoms with Gasteiger partial charge in [0.15, 0.2) is 0 Å². The molecule has 0 aromatic heterocycles. The first kappa shape index (κ1) is 34.7. The Morgan fingerprint density at radius 2 is 1.18 bits per heavy atom. The van der Waals surface area contributed by atoms with E-state index in [0.29, 0.717) is 11.3 Å². The van der Waals surface area contributed by atoms with Crippen LogP contribution in [0.1, 0.15) is 162 Å². The molecule has 0 bridgehead atoms. The average Bonchev–Trinajstić information content (AvgIpc) is 2.86. The monoisotopic (exact) mass is 530 g/mol. The Labute approximate surface area is 236 Å². The molecule has 1 aromatic rings. The van der Waals surface area contributed by atoms with Crippen LogP contribution < -0.4 is 0 Å². The lowest BCUT2D eigenvalue weighted by Gasteiger charge is -2.39. The number of unbranched alkanes of at least 4 members (excludes halogenated alkanes) is 10. The minimum atomic E-state index is -0.614. The van der Waals surface area contributed by atoms with Crippen molar-refractivity contribution in [2.75, 3.05) is 0 Å². The topological polar surface area (TPSA) is 46.5 Å². The number of carbonyl (C=O) groups is 1. The van der Waals surface area contributed by atoms with E-state index in [2.05, 4.69) is 65.5 Å². The Morgan fingerprint density at radius 3 is 1.63 bits per heavy atom. The highest BCUT2D eigenvalue weighted by Crippen LogP contribution is 2.42. The molecule has 0 fully saturated rings. The molecule has 3 atom stereocenters. The second-order valence-electron chi connectivity index (χ2n) is 14.1. The number of hydrogen-bond acceptors (Lipinski definition) is 3. The van der Waals surface area contributed by atoms with Crippen molar-refractivity contribution in [2.45, 2.75) is 158 Å². The van der Waals surface area contributed by atoms with Crippen LogP contribution in [-0.4, -0.2) is 11.2 Å². The lowest BCUT2D eigenvalue weighted by atomic mass is 9.66. The van der Waals surface area contributed by atoms with Gasteiger partial charge in [-0.2, -0.15) is 5.26 Å². The Balaban J connectivity index is 2.55. The number of carbonyl (C=O) groups excluding carboxylic acids is 1. The summed E-state index contributed by atoms with van der Waals surface area (Å²) in [7, 11) is 0. The van der Waals surface area contributed by atoms with Gasteiger partial charge in [-0.15, -0.1) is 0 Å². The van der Waals surface area contributed by atoms with Crippen molar-refractivity contribution in [2.24, 2.45) is 22.7 Å². The maximum absolute atomic E-state index is 11.6. The van der Waals surface area contributed by atoms with Crippen molar-refractivity contribution < 1.29 is 14.9 Å². The summed E-state index contributed by atoms with van der Waals surface area (Å²) in [6.45, 7) is 18.6. The summed E-state index contributed by atoms with van der Waals surface area (Å²) in [5.74, 6) is 0.344. The van der Waals surface area contributed by atoms with Crippen molar-refractivity contribution in [3.05, 3.63) is 35.4 Å². The highest BCUT2D eigenvalue weighted by Gasteiger charge is 2.32. The molecule has 3 nitrogen and oxygen atoms in total. The third kappa shape index (κ3) is 14.2. The van der Waals surface area contributed by atoms with Crippen LogP contribution in [0.3, 0.4) is 0 Å². The first-order chi connectivity index (χ1) is 17.9. The van der Waals surface area contributed by atoms with Gasteiger partial charge < -0.3 is 4.89 Å². The zero-order valence-corrected chi connectivity index (χ0v) is 26.4. The standard InChI is InChI=1S/C35H62O3/c1-9-10-11-12-13-14-15-16-17-18-19-20-31(34(3,4)5)27-32(35(6,7)8)26-23-29-21-24-30(25-22-29)28(2)33(36)38-37/h21-22,24-25,28,31-32,37H,9-20,23,26-27H2,1-8H3. The van der Waals surface area contributed by atoms with E-state index >= 15 is 0 Å². The normalized spacial score (nSPS) is 14.8. The molecule has 220 valence electrons. The van der Waals surface area contributed by atoms with Gasteiger partial charge in [0.05, 0.1) is 5.92 Å². The number of hydrogen-bond donors (Lipinski definition) is 1. The van der Waals surface area contributed by atoms with Crippen molar-refractivity contribution >= 4 is 5.97 Å². The molecule has 0 aliphatic heterocycles. The maximum atomic E-state index is 11.6. The van der Waals surface area contributed by atoms with Crippen molar-refractivity contribution in [1.82, 2.24) is 0 Å². The Kier molecular flexibility index (Phi) is 16.5. The van der Waals surface area contributed by atoms with Gasteiger partial charge in [0.1, 0.15) is 0 Å². The van der Waals surface area contributed by atoms with E-state index in [4.69, 9.17) is 5.26 Å². The van der Waals surface area contributed by atoms with E-state index in [0.717, 1.165) is 17.9 Å². The molecule has 0 heterocycles. The number of aryl methyl sites for hydroxylation is 1. The summed E-state index contributed by atoms with van der Waals surface area (Å²) in [6.07, 6.45) is 20.3. The van der Waals surface area contributed by atoms with Crippen LogP contribution in [0, 0.1) is 22.7 Å². The Bertz CT molecular complexity index is 738. The van der Waals surface area contributed by atoms with E-state index in [1.165, 1.54) is 95.5 Å². The molecular weight excluding hydrogens is 468 g/mol. The second kappa shape index (κ2) is 18.1. The molecule has 0 saturated heterocycles. The van der Waals surface area contributed by atoms with Gasteiger partial charge >= 0.3 is 5.97 Å². The molecule has 0 aliphatic carbocycles. The zero-order chi connectivity index (χ0) is 28.6. The molecule has 0 saturated carbocycles. The molecule has 1 N–H and O–H groups in total. The van der Waals surface area contributed by atoms with Gasteiger partial charge in [0.2, 0.25) is 0 Å². The summed E-state index contributed by atoms with van der Waals surface area (Å²) < 4.78 is 0. The molecule has 0 spiro atoms. The fourth-order valence-electron chi connectivity index (χ4n) is 5.74. The van der Waals surface area contributed by atoms with Gasteiger partial charge in [0, 0.05) is 0 Å². The molecule has 38 heavy (non-hydrogen) atoms. The summed E-state index contributed by atoms with van der Waals surface area (Å²) in [6, 6.07) is 8.24. The third-order valence-corrected chi connectivity index (χ3v) is 8.88. The average molecular weight is 531 g/mol. The van der Waals surface area contributed by atoms with E-state index in [9.17, 15) is 4.79 Å². The summed E-state index contributed by atoms with van der Waals surface area (Å²) in [4.78, 5) is 15.5. The molecule has 1 rings (SSSR count). The Hall–Kier alpha value is -1.35. The molecule has 0 amide bonds. The van der Waals surface area contributed by atoms with Gasteiger partial charge in [-0.3, -0.25) is 0 Å². The van der Waals surface area contributed by atoms with Crippen molar-refractivity contribution in [3.8, 4) is 0 Å². The van der Waals surface area contributed by atoms with Gasteiger partial charge in [-0.1, -0.05) is 143 Å². The van der Waals surface area contributed by atoms with Crippen LogP contribution in [0.25, 0.3) is 0 Å². The lowest BCUT2D eigenvalue weighted by Crippen LogP contribution is -2.29. The summed E-state index contributed by atoms with van der Waals surface area (Å²) in [5, 5.41) is 8.66. The van der Waals surface area contributed by atoms with Crippen LogP contribution >= 0.6 is 0 Å². The first-order valence-electron chi connectivity index (χ1n) is 15.8. The SMILES string of the molecule is CCCCCCCCCCCCCC(CC(CCc1ccc(C(C)C(=O)OO)cc1)C(C)(C)C)C(C)(C)C. The van der Waals surface area contributed by atoms with Crippen molar-refractivity contribution in [3.63, 3.8) is 0 Å². The molecule has 0 radical (unpaired) electrons. The molecule has 3 heteroatoms. The fraction of sp³-hybridized carbons (Fsp3) is 0.800. The molecule has 1 aromatic carbocycles. The van der Waals surface area contributed by atoms with Crippen LogP contribution in [0.5, 0.6) is 0 Å². The smallest absolute Gasteiger partial charge is 0.300 e. The minimum absolute atomic E-state index is 0.278. The van der Waals surface area contributed by atoms with E-state index in [1.54, 1.807) is 6.92 Å².